The smallest absolute Gasteiger partial charge is 0.388 e. The molecule has 0 aliphatic carbocycles. The van der Waals surface area contributed by atoms with Crippen molar-refractivity contribution in [3.8, 4) is 5.88 Å². The number of nitrogens with zero attached hydrogens (tertiary/aromatic N) is 4. The van der Waals surface area contributed by atoms with E-state index >= 15 is 0 Å². The highest BCUT2D eigenvalue weighted by atomic mass is 19.3. The Morgan fingerprint density at radius 2 is 2.05 bits per heavy atom. The molecule has 0 atom stereocenters. The summed E-state index contributed by atoms with van der Waals surface area (Å²) in [6.45, 7) is -0.714. The molecule has 116 valence electrons. The molecule has 2 heterocycles. The Bertz CT molecular complexity index is 535. The molecule has 1 aliphatic heterocycles. The lowest BCUT2D eigenvalue weighted by atomic mass is 10.2. The van der Waals surface area contributed by atoms with Crippen LogP contribution in [0, 0.1) is 10.1 Å². The number of ether oxygens (including phenoxy) is 1. The Morgan fingerprint density at radius 1 is 1.43 bits per heavy atom. The van der Waals surface area contributed by atoms with Gasteiger partial charge in [0.1, 0.15) is 5.69 Å². The highest BCUT2D eigenvalue weighted by Crippen LogP contribution is 2.34. The third-order valence-electron chi connectivity index (χ3n) is 3.18. The van der Waals surface area contributed by atoms with E-state index in [-0.39, 0.29) is 17.2 Å². The van der Waals surface area contributed by atoms with Crippen LogP contribution >= 0.6 is 0 Å². The van der Waals surface area contributed by atoms with Gasteiger partial charge in [-0.05, 0) is 7.05 Å². The highest BCUT2D eigenvalue weighted by Gasteiger charge is 2.27. The summed E-state index contributed by atoms with van der Waals surface area (Å²) in [4.78, 5) is 18.0. The number of nitrogen functional groups attached to an aromatic ring is 1. The van der Waals surface area contributed by atoms with Gasteiger partial charge in [0.25, 0.3) is 0 Å². The van der Waals surface area contributed by atoms with Gasteiger partial charge in [0, 0.05) is 32.2 Å². The second-order valence-electron chi connectivity index (χ2n) is 4.65. The average Bonchev–Trinajstić information content (AvgIpc) is 2.41. The Kier molecular flexibility index (Phi) is 4.36. The van der Waals surface area contributed by atoms with E-state index in [4.69, 9.17) is 5.73 Å². The molecule has 1 aromatic rings. The van der Waals surface area contributed by atoms with Crippen molar-refractivity contribution in [3.63, 3.8) is 0 Å². The summed E-state index contributed by atoms with van der Waals surface area (Å²) in [5.74, 6) is -0.498. The molecule has 2 rings (SSSR count). The fourth-order valence-electron chi connectivity index (χ4n) is 2.06. The maximum absolute atomic E-state index is 12.3. The van der Waals surface area contributed by atoms with E-state index in [2.05, 4.69) is 14.6 Å². The largest absolute Gasteiger partial charge is 0.415 e. The maximum atomic E-state index is 12.3. The first-order chi connectivity index (χ1) is 9.88. The van der Waals surface area contributed by atoms with E-state index in [0.29, 0.717) is 26.2 Å². The second kappa shape index (κ2) is 6.04. The second-order valence-corrected chi connectivity index (χ2v) is 4.65. The van der Waals surface area contributed by atoms with Crippen molar-refractivity contribution in [2.24, 2.45) is 0 Å². The van der Waals surface area contributed by atoms with Gasteiger partial charge in [-0.2, -0.15) is 13.8 Å². The van der Waals surface area contributed by atoms with Gasteiger partial charge in [0.2, 0.25) is 11.7 Å². The summed E-state index contributed by atoms with van der Waals surface area (Å²) in [5, 5.41) is 11.1. The molecule has 1 aliphatic rings. The van der Waals surface area contributed by atoms with Gasteiger partial charge < -0.3 is 20.3 Å². The molecule has 0 unspecified atom stereocenters. The quantitative estimate of drug-likeness (QED) is 0.652. The summed E-state index contributed by atoms with van der Waals surface area (Å²) >= 11 is 0. The fraction of sp³-hybridized carbons (Fsp3) is 0.545. The van der Waals surface area contributed by atoms with Crippen LogP contribution < -0.4 is 15.4 Å². The summed E-state index contributed by atoms with van der Waals surface area (Å²) in [6.07, 6.45) is 0. The van der Waals surface area contributed by atoms with E-state index < -0.39 is 17.4 Å². The van der Waals surface area contributed by atoms with Crippen molar-refractivity contribution >= 4 is 17.2 Å². The molecule has 0 aromatic carbocycles. The molecule has 0 bridgehead atoms. The van der Waals surface area contributed by atoms with Gasteiger partial charge in [-0.15, -0.1) is 0 Å². The lowest BCUT2D eigenvalue weighted by Gasteiger charge is -2.33. The molecule has 1 saturated heterocycles. The number of anilines is 2. The number of nitrogens with two attached hydrogens (primary N) is 1. The van der Waals surface area contributed by atoms with Crippen molar-refractivity contribution in [2.45, 2.75) is 6.61 Å². The zero-order valence-electron chi connectivity index (χ0n) is 11.3. The molecule has 2 N–H and O–H groups in total. The zero-order chi connectivity index (χ0) is 15.6. The number of alkyl halides is 2. The van der Waals surface area contributed by atoms with Crippen LogP contribution in [0.15, 0.2) is 6.07 Å². The van der Waals surface area contributed by atoms with Gasteiger partial charge in [0.15, 0.2) is 0 Å². The Balaban J connectivity index is 2.38. The Hall–Kier alpha value is -2.23. The first-order valence-corrected chi connectivity index (χ1v) is 6.21. The molecule has 0 radical (unpaired) electrons. The summed E-state index contributed by atoms with van der Waals surface area (Å²) in [6, 6.07) is 0.998. The zero-order valence-corrected chi connectivity index (χ0v) is 11.3. The van der Waals surface area contributed by atoms with Gasteiger partial charge in [-0.25, -0.2) is 0 Å². The van der Waals surface area contributed by atoms with Crippen molar-refractivity contribution < 1.29 is 18.4 Å². The molecule has 1 fully saturated rings. The number of halogens is 2. The summed E-state index contributed by atoms with van der Waals surface area (Å²) < 4.78 is 28.8. The third kappa shape index (κ3) is 3.45. The Labute approximate surface area is 119 Å². The fourth-order valence-corrected chi connectivity index (χ4v) is 2.06. The minimum atomic E-state index is -3.10. The van der Waals surface area contributed by atoms with Crippen molar-refractivity contribution in [1.29, 1.82) is 0 Å². The molecular formula is C11H15F2N5O3. The lowest BCUT2D eigenvalue weighted by Crippen LogP contribution is -2.45. The van der Waals surface area contributed by atoms with Crippen LogP contribution in [0.1, 0.15) is 0 Å². The van der Waals surface area contributed by atoms with E-state index in [1.165, 1.54) is 0 Å². The molecule has 1 aromatic heterocycles. The van der Waals surface area contributed by atoms with Crippen LogP contribution in [0.4, 0.5) is 26.0 Å². The lowest BCUT2D eigenvalue weighted by molar-refractivity contribution is -0.384. The standard InChI is InChI=1S/C11H15F2N5O3/c1-16-2-4-17(5-3-16)9-8(18(19)20)6-7(14)10(15-9)21-11(12)13/h6,11H,2-5,14H2,1H3. The molecule has 0 saturated carbocycles. The molecule has 8 nitrogen and oxygen atoms in total. The van der Waals surface area contributed by atoms with Gasteiger partial charge in [0.05, 0.1) is 4.92 Å². The number of pyridine rings is 1. The van der Waals surface area contributed by atoms with Crippen molar-refractivity contribution in [1.82, 2.24) is 9.88 Å². The van der Waals surface area contributed by atoms with Crippen LogP contribution in [0.2, 0.25) is 0 Å². The number of nitro groups is 1. The van der Waals surface area contributed by atoms with Crippen molar-refractivity contribution in [3.05, 3.63) is 16.2 Å². The normalized spacial score (nSPS) is 16.3. The molecule has 0 amide bonds. The third-order valence-corrected chi connectivity index (χ3v) is 3.18. The summed E-state index contributed by atoms with van der Waals surface area (Å²) in [7, 11) is 1.92. The van der Waals surface area contributed by atoms with E-state index in [1.807, 2.05) is 7.05 Å². The predicted molar refractivity (Wildman–Crippen MR) is 71.6 cm³/mol. The number of likely N-dealkylation sites (N-methyl/N-ethyl adjacent to an activating group) is 1. The van der Waals surface area contributed by atoms with Gasteiger partial charge in [-0.3, -0.25) is 10.1 Å². The number of rotatable bonds is 4. The topological polar surface area (TPSA) is 97.8 Å². The van der Waals surface area contributed by atoms with E-state index in [0.717, 1.165) is 6.07 Å². The van der Waals surface area contributed by atoms with Crippen LogP contribution in [0.25, 0.3) is 0 Å². The summed E-state index contributed by atoms with van der Waals surface area (Å²) in [5.41, 5.74) is 4.86. The van der Waals surface area contributed by atoms with Gasteiger partial charge in [-0.1, -0.05) is 0 Å². The first-order valence-electron chi connectivity index (χ1n) is 6.21. The van der Waals surface area contributed by atoms with Gasteiger partial charge >= 0.3 is 12.3 Å². The van der Waals surface area contributed by atoms with Crippen molar-refractivity contribution in [2.75, 3.05) is 43.9 Å². The molecular weight excluding hydrogens is 288 g/mol. The number of hydrogen-bond acceptors (Lipinski definition) is 7. The number of aromatic nitrogens is 1. The number of hydrogen-bond donors (Lipinski definition) is 1. The SMILES string of the molecule is CN1CCN(c2nc(OC(F)F)c(N)cc2[N+](=O)[O-])CC1. The highest BCUT2D eigenvalue weighted by molar-refractivity contribution is 5.67. The first kappa shape index (κ1) is 15.2. The number of piperazine rings is 1. The predicted octanol–water partition coefficient (Wildman–Crippen LogP) is 0.925. The monoisotopic (exact) mass is 303 g/mol. The maximum Gasteiger partial charge on any atom is 0.388 e. The van der Waals surface area contributed by atoms with Crippen LogP contribution in [-0.2, 0) is 0 Å². The molecule has 0 spiro atoms. The van der Waals surface area contributed by atoms with Crippen LogP contribution in [-0.4, -0.2) is 54.6 Å². The van der Waals surface area contributed by atoms with Crippen LogP contribution in [0.5, 0.6) is 5.88 Å². The Morgan fingerprint density at radius 3 is 2.57 bits per heavy atom. The minimum absolute atomic E-state index is 0.00190. The van der Waals surface area contributed by atoms with E-state index in [1.54, 1.807) is 4.90 Å². The molecule has 10 heteroatoms. The van der Waals surface area contributed by atoms with Crippen LogP contribution in [0.3, 0.4) is 0 Å². The van der Waals surface area contributed by atoms with E-state index in [9.17, 15) is 18.9 Å². The minimum Gasteiger partial charge on any atom is -0.415 e. The average molecular weight is 303 g/mol. The molecule has 21 heavy (non-hydrogen) atoms.